The molecule has 0 unspecified atom stereocenters. The smallest absolute Gasteiger partial charge is 0.232 e. The standard InChI is InChI=1S/C9H10N2O2/c12-8-11(10-13)7-6-9-4-2-1-3-5-9/h1-5,8H,6-7H2. The van der Waals surface area contributed by atoms with Gasteiger partial charge in [-0.25, -0.2) is 0 Å². The molecular weight excluding hydrogens is 168 g/mol. The van der Waals surface area contributed by atoms with E-state index in [1.54, 1.807) is 0 Å². The molecule has 0 aliphatic rings. The van der Waals surface area contributed by atoms with E-state index in [0.29, 0.717) is 19.4 Å². The van der Waals surface area contributed by atoms with Gasteiger partial charge in [0.05, 0.1) is 11.8 Å². The van der Waals surface area contributed by atoms with E-state index < -0.39 is 0 Å². The van der Waals surface area contributed by atoms with Crippen molar-refractivity contribution < 1.29 is 4.79 Å². The van der Waals surface area contributed by atoms with Gasteiger partial charge in [0.1, 0.15) is 0 Å². The topological polar surface area (TPSA) is 49.7 Å². The van der Waals surface area contributed by atoms with Crippen LogP contribution in [0.1, 0.15) is 5.56 Å². The summed E-state index contributed by atoms with van der Waals surface area (Å²) in [6.45, 7) is 0.330. The fourth-order valence-corrected chi connectivity index (χ4v) is 1.00. The Hall–Kier alpha value is -1.71. The summed E-state index contributed by atoms with van der Waals surface area (Å²) < 4.78 is 0. The van der Waals surface area contributed by atoms with Crippen LogP contribution < -0.4 is 0 Å². The lowest BCUT2D eigenvalue weighted by molar-refractivity contribution is -0.118. The molecule has 0 aromatic heterocycles. The maximum atomic E-state index is 10.2. The van der Waals surface area contributed by atoms with Gasteiger partial charge in [-0.05, 0) is 12.0 Å². The summed E-state index contributed by atoms with van der Waals surface area (Å²) in [7, 11) is 0. The van der Waals surface area contributed by atoms with Crippen LogP contribution in [-0.4, -0.2) is 18.0 Å². The summed E-state index contributed by atoms with van der Waals surface area (Å²) in [5.74, 6) is 0. The number of carbonyl (C=O) groups excluding carboxylic acids is 1. The first-order chi connectivity index (χ1) is 6.36. The molecule has 1 amide bonds. The molecule has 4 nitrogen and oxygen atoms in total. The number of amides is 1. The van der Waals surface area contributed by atoms with Crippen molar-refractivity contribution in [2.24, 2.45) is 5.29 Å². The highest BCUT2D eigenvalue weighted by Gasteiger charge is 1.99. The molecule has 0 saturated carbocycles. The van der Waals surface area contributed by atoms with Crippen LogP contribution in [0.3, 0.4) is 0 Å². The molecule has 1 rings (SSSR count). The monoisotopic (exact) mass is 178 g/mol. The van der Waals surface area contributed by atoms with E-state index in [-0.39, 0.29) is 0 Å². The summed E-state index contributed by atoms with van der Waals surface area (Å²) >= 11 is 0. The summed E-state index contributed by atoms with van der Waals surface area (Å²) in [6, 6.07) is 9.62. The molecule has 1 aromatic carbocycles. The molecule has 0 saturated heterocycles. The van der Waals surface area contributed by atoms with E-state index in [9.17, 15) is 9.70 Å². The van der Waals surface area contributed by atoms with Crippen molar-refractivity contribution >= 4 is 6.41 Å². The second-order valence-electron chi connectivity index (χ2n) is 2.59. The second kappa shape index (κ2) is 5.03. The fourth-order valence-electron chi connectivity index (χ4n) is 1.00. The van der Waals surface area contributed by atoms with E-state index in [1.807, 2.05) is 30.3 Å². The zero-order chi connectivity index (χ0) is 9.52. The zero-order valence-corrected chi connectivity index (χ0v) is 7.09. The average Bonchev–Trinajstić information content (AvgIpc) is 2.21. The van der Waals surface area contributed by atoms with E-state index in [2.05, 4.69) is 5.29 Å². The second-order valence-corrected chi connectivity index (χ2v) is 2.59. The van der Waals surface area contributed by atoms with Crippen LogP contribution in [0.2, 0.25) is 0 Å². The van der Waals surface area contributed by atoms with Gasteiger partial charge in [0.25, 0.3) is 0 Å². The quantitative estimate of drug-likeness (QED) is 0.388. The van der Waals surface area contributed by atoms with Crippen LogP contribution in [0.25, 0.3) is 0 Å². The van der Waals surface area contributed by atoms with Crippen molar-refractivity contribution in [3.05, 3.63) is 40.8 Å². The molecule has 1 aromatic rings. The minimum absolute atomic E-state index is 0.330. The Bertz CT molecular complexity index is 266. The Morgan fingerprint density at radius 2 is 2.00 bits per heavy atom. The highest BCUT2D eigenvalue weighted by molar-refractivity contribution is 5.46. The predicted molar refractivity (Wildman–Crippen MR) is 48.7 cm³/mol. The van der Waals surface area contributed by atoms with Crippen LogP contribution in [0.4, 0.5) is 0 Å². The molecule has 0 spiro atoms. The van der Waals surface area contributed by atoms with Gasteiger partial charge >= 0.3 is 0 Å². The zero-order valence-electron chi connectivity index (χ0n) is 7.09. The molecule has 0 radical (unpaired) electrons. The highest BCUT2D eigenvalue weighted by Crippen LogP contribution is 2.00. The van der Waals surface area contributed by atoms with Crippen LogP contribution in [0.5, 0.6) is 0 Å². The van der Waals surface area contributed by atoms with Gasteiger partial charge in [-0.1, -0.05) is 30.3 Å². The number of hydrogen-bond acceptors (Lipinski definition) is 3. The third kappa shape index (κ3) is 3.02. The lowest BCUT2D eigenvalue weighted by Crippen LogP contribution is -2.17. The Balaban J connectivity index is 2.42. The molecular formula is C9H10N2O2. The van der Waals surface area contributed by atoms with Gasteiger partial charge < -0.3 is 0 Å². The van der Waals surface area contributed by atoms with Crippen molar-refractivity contribution in [2.45, 2.75) is 6.42 Å². The molecule has 4 heteroatoms. The maximum absolute atomic E-state index is 10.2. The number of nitroso groups, excluding NO2 is 1. The Kier molecular flexibility index (Phi) is 3.63. The molecule has 0 bridgehead atoms. The number of hydrogen-bond donors (Lipinski definition) is 0. The summed E-state index contributed by atoms with van der Waals surface area (Å²) in [6.07, 6.45) is 1.07. The molecule has 0 atom stereocenters. The third-order valence-corrected chi connectivity index (χ3v) is 1.70. The molecule has 0 fully saturated rings. The SMILES string of the molecule is O=CN(CCc1ccccc1)N=O. The lowest BCUT2D eigenvalue weighted by atomic mass is 10.1. The fraction of sp³-hybridized carbons (Fsp3) is 0.222. The molecule has 68 valence electrons. The normalized spacial score (nSPS) is 9.23. The first kappa shape index (κ1) is 9.38. The van der Waals surface area contributed by atoms with E-state index in [0.717, 1.165) is 10.6 Å². The van der Waals surface area contributed by atoms with E-state index >= 15 is 0 Å². The summed E-state index contributed by atoms with van der Waals surface area (Å²) in [4.78, 5) is 20.2. The Labute approximate surface area is 76.1 Å². The molecule has 0 heterocycles. The predicted octanol–water partition coefficient (Wildman–Crippen LogP) is 1.37. The number of benzene rings is 1. The number of carbonyl (C=O) groups is 1. The minimum atomic E-state index is 0.330. The van der Waals surface area contributed by atoms with Crippen LogP contribution in [0.15, 0.2) is 35.6 Å². The van der Waals surface area contributed by atoms with Gasteiger partial charge in [0.2, 0.25) is 6.41 Å². The van der Waals surface area contributed by atoms with Crippen molar-refractivity contribution in [1.82, 2.24) is 5.01 Å². The van der Waals surface area contributed by atoms with Crippen LogP contribution in [0, 0.1) is 4.91 Å². The Morgan fingerprint density at radius 1 is 1.31 bits per heavy atom. The molecule has 0 N–H and O–H groups in total. The minimum Gasteiger partial charge on any atom is -0.277 e. The number of rotatable bonds is 5. The first-order valence-electron chi connectivity index (χ1n) is 3.96. The molecule has 0 aliphatic heterocycles. The van der Waals surface area contributed by atoms with Gasteiger partial charge in [0.15, 0.2) is 0 Å². The van der Waals surface area contributed by atoms with Crippen molar-refractivity contribution in [3.8, 4) is 0 Å². The van der Waals surface area contributed by atoms with Gasteiger partial charge in [-0.3, -0.25) is 4.79 Å². The number of nitrogens with zero attached hydrogens (tertiary/aromatic N) is 2. The van der Waals surface area contributed by atoms with Crippen LogP contribution in [-0.2, 0) is 11.2 Å². The van der Waals surface area contributed by atoms with Gasteiger partial charge in [-0.15, -0.1) is 4.91 Å². The molecule has 0 aliphatic carbocycles. The van der Waals surface area contributed by atoms with Gasteiger partial charge in [0, 0.05) is 0 Å². The van der Waals surface area contributed by atoms with Crippen molar-refractivity contribution in [3.63, 3.8) is 0 Å². The molecule has 13 heavy (non-hydrogen) atoms. The third-order valence-electron chi connectivity index (χ3n) is 1.70. The first-order valence-corrected chi connectivity index (χ1v) is 3.96. The van der Waals surface area contributed by atoms with Gasteiger partial charge in [-0.2, -0.15) is 5.01 Å². The van der Waals surface area contributed by atoms with E-state index in [4.69, 9.17) is 0 Å². The largest absolute Gasteiger partial charge is 0.277 e. The van der Waals surface area contributed by atoms with Crippen molar-refractivity contribution in [1.29, 1.82) is 0 Å². The van der Waals surface area contributed by atoms with E-state index in [1.165, 1.54) is 0 Å². The average molecular weight is 178 g/mol. The maximum Gasteiger partial charge on any atom is 0.232 e. The van der Waals surface area contributed by atoms with Crippen LogP contribution >= 0.6 is 0 Å². The highest BCUT2D eigenvalue weighted by atomic mass is 16.3. The van der Waals surface area contributed by atoms with Crippen molar-refractivity contribution in [2.75, 3.05) is 6.54 Å². The lowest BCUT2D eigenvalue weighted by Gasteiger charge is -2.05. The Morgan fingerprint density at radius 3 is 2.54 bits per heavy atom. The summed E-state index contributed by atoms with van der Waals surface area (Å²) in [5.41, 5.74) is 1.08. The summed E-state index contributed by atoms with van der Waals surface area (Å²) in [5, 5.41) is 3.38.